The molecule has 22 heavy (non-hydrogen) atoms. The first-order valence-corrected chi connectivity index (χ1v) is 7.36. The number of aromatic nitrogens is 4. The summed E-state index contributed by atoms with van der Waals surface area (Å²) in [7, 11) is 3.19. The fraction of sp³-hybridized carbons (Fsp3) is 0.286. The number of methoxy groups -OCH3 is 2. The van der Waals surface area contributed by atoms with Crippen molar-refractivity contribution in [3.05, 3.63) is 44.8 Å². The van der Waals surface area contributed by atoms with Crippen molar-refractivity contribution in [3.63, 3.8) is 0 Å². The molecule has 1 aromatic carbocycles. The monoisotopic (exact) mass is 318 g/mol. The molecule has 0 amide bonds. The Bertz CT molecular complexity index is 859. The van der Waals surface area contributed by atoms with Gasteiger partial charge in [-0.25, -0.2) is 4.98 Å². The van der Waals surface area contributed by atoms with Gasteiger partial charge in [-0.15, -0.1) is 10.2 Å². The van der Waals surface area contributed by atoms with Crippen LogP contribution in [0.1, 0.15) is 10.0 Å². The number of fused-ring (bicyclic) bond motifs is 1. The maximum absolute atomic E-state index is 12.2. The standard InChI is InChI=1S/C14H14N4O3S/c1-20-8-13-17-16-12(22-13)7-18-11-5-9(21-2)3-4-10(11)15-6-14(18)19/h3-6H,7-8H2,1-2H3. The Balaban J connectivity index is 2.04. The third kappa shape index (κ3) is 2.83. The third-order valence-corrected chi connectivity index (χ3v) is 4.00. The predicted molar refractivity (Wildman–Crippen MR) is 82.3 cm³/mol. The van der Waals surface area contributed by atoms with Crippen LogP contribution in [0.4, 0.5) is 0 Å². The molecule has 0 saturated carbocycles. The Kier molecular flexibility index (Phi) is 4.12. The summed E-state index contributed by atoms with van der Waals surface area (Å²) in [6.07, 6.45) is 1.31. The second-order valence-corrected chi connectivity index (χ2v) is 5.71. The van der Waals surface area contributed by atoms with Crippen LogP contribution in [-0.2, 0) is 17.9 Å². The van der Waals surface area contributed by atoms with Crippen LogP contribution in [0.25, 0.3) is 11.0 Å². The average molecular weight is 318 g/mol. The van der Waals surface area contributed by atoms with E-state index in [1.165, 1.54) is 17.5 Å². The maximum Gasteiger partial charge on any atom is 0.269 e. The molecule has 0 unspecified atom stereocenters. The van der Waals surface area contributed by atoms with Crippen LogP contribution in [0.15, 0.2) is 29.2 Å². The van der Waals surface area contributed by atoms with Gasteiger partial charge in [0, 0.05) is 13.2 Å². The SMILES string of the molecule is COCc1nnc(Cn2c(=O)cnc3ccc(OC)cc32)s1. The van der Waals surface area contributed by atoms with Crippen LogP contribution in [0, 0.1) is 0 Å². The van der Waals surface area contributed by atoms with Crippen LogP contribution in [-0.4, -0.2) is 34.0 Å². The second-order valence-electron chi connectivity index (χ2n) is 4.56. The van der Waals surface area contributed by atoms with E-state index < -0.39 is 0 Å². The van der Waals surface area contributed by atoms with Gasteiger partial charge in [0.25, 0.3) is 5.56 Å². The zero-order chi connectivity index (χ0) is 15.5. The van der Waals surface area contributed by atoms with Crippen LogP contribution in [0.3, 0.4) is 0 Å². The Morgan fingerprint density at radius 2 is 2.05 bits per heavy atom. The number of nitrogens with zero attached hydrogens (tertiary/aromatic N) is 4. The van der Waals surface area contributed by atoms with Gasteiger partial charge in [0.05, 0.1) is 37.5 Å². The fourth-order valence-electron chi connectivity index (χ4n) is 2.10. The molecule has 2 heterocycles. The molecule has 0 saturated heterocycles. The summed E-state index contributed by atoms with van der Waals surface area (Å²) < 4.78 is 11.9. The normalized spacial score (nSPS) is 11.0. The van der Waals surface area contributed by atoms with Crippen molar-refractivity contribution in [2.45, 2.75) is 13.2 Å². The second kappa shape index (κ2) is 6.20. The van der Waals surface area contributed by atoms with E-state index in [1.54, 1.807) is 24.9 Å². The highest BCUT2D eigenvalue weighted by molar-refractivity contribution is 7.11. The minimum atomic E-state index is -0.191. The van der Waals surface area contributed by atoms with E-state index in [2.05, 4.69) is 15.2 Å². The van der Waals surface area contributed by atoms with Gasteiger partial charge in [0.15, 0.2) is 0 Å². The van der Waals surface area contributed by atoms with Gasteiger partial charge in [0.2, 0.25) is 0 Å². The zero-order valence-electron chi connectivity index (χ0n) is 12.1. The first-order valence-electron chi connectivity index (χ1n) is 6.55. The third-order valence-electron chi connectivity index (χ3n) is 3.12. The van der Waals surface area contributed by atoms with Crippen molar-refractivity contribution >= 4 is 22.4 Å². The lowest BCUT2D eigenvalue weighted by Crippen LogP contribution is -2.21. The van der Waals surface area contributed by atoms with E-state index in [9.17, 15) is 4.79 Å². The largest absolute Gasteiger partial charge is 0.497 e. The number of hydrogen-bond donors (Lipinski definition) is 0. The van der Waals surface area contributed by atoms with Crippen molar-refractivity contribution in [1.29, 1.82) is 0 Å². The summed E-state index contributed by atoms with van der Waals surface area (Å²) in [4.78, 5) is 16.3. The van der Waals surface area contributed by atoms with Gasteiger partial charge >= 0.3 is 0 Å². The number of ether oxygens (including phenoxy) is 2. The number of hydrogen-bond acceptors (Lipinski definition) is 7. The van der Waals surface area contributed by atoms with E-state index in [-0.39, 0.29) is 5.56 Å². The minimum Gasteiger partial charge on any atom is -0.497 e. The highest BCUT2D eigenvalue weighted by atomic mass is 32.1. The van der Waals surface area contributed by atoms with Crippen molar-refractivity contribution in [2.75, 3.05) is 14.2 Å². The van der Waals surface area contributed by atoms with Crippen LogP contribution in [0.5, 0.6) is 5.75 Å². The molecular formula is C14H14N4O3S. The molecular weight excluding hydrogens is 304 g/mol. The van der Waals surface area contributed by atoms with E-state index >= 15 is 0 Å². The molecule has 0 N–H and O–H groups in total. The molecule has 0 radical (unpaired) electrons. The molecule has 7 nitrogen and oxygen atoms in total. The van der Waals surface area contributed by atoms with Crippen molar-refractivity contribution in [3.8, 4) is 5.75 Å². The molecule has 2 aromatic heterocycles. The summed E-state index contributed by atoms with van der Waals surface area (Å²) in [6, 6.07) is 5.42. The molecule has 0 spiro atoms. The molecule has 0 aliphatic heterocycles. The summed E-state index contributed by atoms with van der Waals surface area (Å²) in [5, 5.41) is 9.65. The maximum atomic E-state index is 12.2. The number of benzene rings is 1. The topological polar surface area (TPSA) is 79.1 Å². The quantitative estimate of drug-likeness (QED) is 0.708. The first-order chi connectivity index (χ1) is 10.7. The molecule has 114 valence electrons. The first kappa shape index (κ1) is 14.6. The van der Waals surface area contributed by atoms with Gasteiger partial charge in [-0.2, -0.15) is 0 Å². The molecule has 0 fully saturated rings. The molecule has 0 aliphatic rings. The summed E-state index contributed by atoms with van der Waals surface area (Å²) >= 11 is 1.42. The molecule has 3 aromatic rings. The predicted octanol–water partition coefficient (Wildman–Crippen LogP) is 1.45. The highest BCUT2D eigenvalue weighted by Crippen LogP contribution is 2.19. The van der Waals surface area contributed by atoms with Crippen molar-refractivity contribution in [2.24, 2.45) is 0 Å². The lowest BCUT2D eigenvalue weighted by molar-refractivity contribution is 0.184. The number of rotatable bonds is 5. The fourth-order valence-corrected chi connectivity index (χ4v) is 2.91. The summed E-state index contributed by atoms with van der Waals surface area (Å²) in [5.41, 5.74) is 1.24. The van der Waals surface area contributed by atoms with Gasteiger partial charge in [-0.1, -0.05) is 11.3 Å². The lowest BCUT2D eigenvalue weighted by Gasteiger charge is -2.08. The summed E-state index contributed by atoms with van der Waals surface area (Å²) in [6.45, 7) is 0.754. The lowest BCUT2D eigenvalue weighted by atomic mass is 10.2. The molecule has 0 aliphatic carbocycles. The minimum absolute atomic E-state index is 0.191. The zero-order valence-corrected chi connectivity index (χ0v) is 13.0. The molecule has 8 heteroatoms. The van der Waals surface area contributed by atoms with Gasteiger partial charge < -0.3 is 9.47 Å². The van der Waals surface area contributed by atoms with E-state index in [4.69, 9.17) is 9.47 Å². The van der Waals surface area contributed by atoms with Crippen LogP contribution >= 0.6 is 11.3 Å². The van der Waals surface area contributed by atoms with Crippen LogP contribution < -0.4 is 10.3 Å². The summed E-state index contributed by atoms with van der Waals surface area (Å²) in [5.74, 6) is 0.672. The molecule has 3 rings (SSSR count). The Morgan fingerprint density at radius 3 is 2.82 bits per heavy atom. The smallest absolute Gasteiger partial charge is 0.269 e. The Labute approximate surface area is 130 Å². The van der Waals surface area contributed by atoms with E-state index in [1.807, 2.05) is 12.1 Å². The Morgan fingerprint density at radius 1 is 1.23 bits per heavy atom. The van der Waals surface area contributed by atoms with E-state index in [0.717, 1.165) is 15.5 Å². The average Bonchev–Trinajstić information content (AvgIpc) is 2.97. The van der Waals surface area contributed by atoms with E-state index in [0.29, 0.717) is 24.4 Å². The van der Waals surface area contributed by atoms with Crippen molar-refractivity contribution in [1.82, 2.24) is 19.7 Å². The van der Waals surface area contributed by atoms with Crippen LogP contribution in [0.2, 0.25) is 0 Å². The highest BCUT2D eigenvalue weighted by Gasteiger charge is 2.10. The van der Waals surface area contributed by atoms with Gasteiger partial charge in [-0.05, 0) is 12.1 Å². The molecule has 0 bridgehead atoms. The van der Waals surface area contributed by atoms with Gasteiger partial charge in [0.1, 0.15) is 15.8 Å². The van der Waals surface area contributed by atoms with Crippen molar-refractivity contribution < 1.29 is 9.47 Å². The van der Waals surface area contributed by atoms with Gasteiger partial charge in [-0.3, -0.25) is 9.36 Å². The Hall–Kier alpha value is -2.32. The molecule has 0 atom stereocenters.